The number of nitrogens with zero attached hydrogens (tertiary/aromatic N) is 2. The number of ether oxygens (including phenoxy) is 1. The molecule has 0 saturated carbocycles. The lowest BCUT2D eigenvalue weighted by molar-refractivity contribution is -0.120. The van der Waals surface area contributed by atoms with Gasteiger partial charge in [0.1, 0.15) is 5.75 Å². The molecule has 148 valence electrons. The number of rotatable bonds is 4. The van der Waals surface area contributed by atoms with E-state index in [0.717, 1.165) is 29.1 Å². The van der Waals surface area contributed by atoms with Crippen LogP contribution in [0.5, 0.6) is 5.75 Å². The molecule has 2 atom stereocenters. The Morgan fingerprint density at radius 1 is 0.900 bits per heavy atom. The van der Waals surface area contributed by atoms with Crippen molar-refractivity contribution in [2.45, 2.75) is 12.3 Å². The van der Waals surface area contributed by atoms with E-state index in [4.69, 9.17) is 9.84 Å². The SMILES string of the molecule is COc1ccc(C2CC(c3ccccc3)=CC3=NN(c4ccccc4)C(=O)C32)cc1. The van der Waals surface area contributed by atoms with Crippen molar-refractivity contribution >= 4 is 22.9 Å². The Hall–Kier alpha value is -3.66. The number of hydrazone groups is 1. The second kappa shape index (κ2) is 7.64. The molecule has 0 radical (unpaired) electrons. The van der Waals surface area contributed by atoms with E-state index in [1.165, 1.54) is 11.1 Å². The van der Waals surface area contributed by atoms with Crippen LogP contribution in [0.25, 0.3) is 5.57 Å². The average Bonchev–Trinajstić information content (AvgIpc) is 3.16. The van der Waals surface area contributed by atoms with E-state index in [-0.39, 0.29) is 17.7 Å². The molecule has 3 aromatic rings. The van der Waals surface area contributed by atoms with Crippen LogP contribution in [0.1, 0.15) is 23.5 Å². The maximum absolute atomic E-state index is 13.4. The first-order valence-electron chi connectivity index (χ1n) is 10.1. The molecule has 0 spiro atoms. The first-order valence-corrected chi connectivity index (χ1v) is 10.1. The third-order valence-corrected chi connectivity index (χ3v) is 5.86. The predicted molar refractivity (Wildman–Crippen MR) is 120 cm³/mol. The number of para-hydroxylation sites is 1. The second-order valence-corrected chi connectivity index (χ2v) is 7.61. The van der Waals surface area contributed by atoms with E-state index in [1.54, 1.807) is 12.1 Å². The highest BCUT2D eigenvalue weighted by molar-refractivity contribution is 6.22. The summed E-state index contributed by atoms with van der Waals surface area (Å²) in [4.78, 5) is 13.4. The van der Waals surface area contributed by atoms with Crippen LogP contribution in [0.4, 0.5) is 5.69 Å². The summed E-state index contributed by atoms with van der Waals surface area (Å²) in [5, 5.41) is 6.30. The molecule has 2 unspecified atom stereocenters. The van der Waals surface area contributed by atoms with Crippen LogP contribution in [0.2, 0.25) is 0 Å². The topological polar surface area (TPSA) is 41.9 Å². The Kier molecular flexibility index (Phi) is 4.68. The molecule has 0 aromatic heterocycles. The Balaban J connectivity index is 1.59. The molecular formula is C26H22N2O2. The molecule has 3 aromatic carbocycles. The quantitative estimate of drug-likeness (QED) is 0.604. The molecule has 2 aliphatic rings. The number of anilines is 1. The van der Waals surface area contributed by atoms with E-state index < -0.39 is 0 Å². The predicted octanol–water partition coefficient (Wildman–Crippen LogP) is 5.29. The molecule has 0 bridgehead atoms. The summed E-state index contributed by atoms with van der Waals surface area (Å²) in [6.45, 7) is 0. The van der Waals surface area contributed by atoms with E-state index in [9.17, 15) is 4.79 Å². The zero-order valence-electron chi connectivity index (χ0n) is 16.7. The van der Waals surface area contributed by atoms with Gasteiger partial charge in [-0.25, -0.2) is 0 Å². The van der Waals surface area contributed by atoms with E-state index in [0.29, 0.717) is 0 Å². The summed E-state index contributed by atoms with van der Waals surface area (Å²) in [5.74, 6) is 0.577. The minimum Gasteiger partial charge on any atom is -0.497 e. The average molecular weight is 394 g/mol. The first kappa shape index (κ1) is 18.4. The van der Waals surface area contributed by atoms with Gasteiger partial charge in [0.15, 0.2) is 0 Å². The van der Waals surface area contributed by atoms with Gasteiger partial charge in [0.05, 0.1) is 24.4 Å². The van der Waals surface area contributed by atoms with Crippen LogP contribution in [0.3, 0.4) is 0 Å². The molecule has 30 heavy (non-hydrogen) atoms. The van der Waals surface area contributed by atoms with Gasteiger partial charge in [0, 0.05) is 5.92 Å². The van der Waals surface area contributed by atoms with Crippen molar-refractivity contribution in [3.05, 3.63) is 102 Å². The van der Waals surface area contributed by atoms with Crippen molar-refractivity contribution in [1.29, 1.82) is 0 Å². The van der Waals surface area contributed by atoms with Crippen molar-refractivity contribution in [3.8, 4) is 5.75 Å². The Labute approximate surface area is 176 Å². The lowest BCUT2D eigenvalue weighted by atomic mass is 9.73. The van der Waals surface area contributed by atoms with E-state index in [1.807, 2.05) is 60.7 Å². The number of allylic oxidation sites excluding steroid dienone is 2. The van der Waals surface area contributed by atoms with Crippen LogP contribution >= 0.6 is 0 Å². The second-order valence-electron chi connectivity index (χ2n) is 7.61. The maximum Gasteiger partial charge on any atom is 0.257 e. The molecule has 1 aliphatic carbocycles. The molecule has 4 heteroatoms. The summed E-state index contributed by atoms with van der Waals surface area (Å²) in [6, 6.07) is 28.0. The third kappa shape index (κ3) is 3.20. The van der Waals surface area contributed by atoms with E-state index in [2.05, 4.69) is 30.3 Å². The van der Waals surface area contributed by atoms with Crippen LogP contribution in [-0.2, 0) is 4.79 Å². The molecule has 0 N–H and O–H groups in total. The molecule has 1 aliphatic heterocycles. The number of hydrogen-bond donors (Lipinski definition) is 0. The van der Waals surface area contributed by atoms with Crippen molar-refractivity contribution in [1.82, 2.24) is 0 Å². The van der Waals surface area contributed by atoms with Gasteiger partial charge in [-0.15, -0.1) is 0 Å². The largest absolute Gasteiger partial charge is 0.497 e. The molecule has 1 heterocycles. The normalized spacial score (nSPS) is 20.4. The minimum absolute atomic E-state index is 0.0241. The van der Waals surface area contributed by atoms with Gasteiger partial charge < -0.3 is 4.74 Å². The number of carbonyl (C=O) groups is 1. The monoisotopic (exact) mass is 394 g/mol. The zero-order valence-corrected chi connectivity index (χ0v) is 16.7. The van der Waals surface area contributed by atoms with Gasteiger partial charge in [0.25, 0.3) is 5.91 Å². The van der Waals surface area contributed by atoms with Gasteiger partial charge >= 0.3 is 0 Å². The number of hydrogen-bond acceptors (Lipinski definition) is 3. The highest BCUT2D eigenvalue weighted by atomic mass is 16.5. The third-order valence-electron chi connectivity index (χ3n) is 5.86. The van der Waals surface area contributed by atoms with Crippen molar-refractivity contribution < 1.29 is 9.53 Å². The lowest BCUT2D eigenvalue weighted by Crippen LogP contribution is -2.33. The van der Waals surface area contributed by atoms with Crippen LogP contribution in [-0.4, -0.2) is 18.7 Å². The molecule has 4 nitrogen and oxygen atoms in total. The summed E-state index contributed by atoms with van der Waals surface area (Å²) in [5.41, 5.74) is 5.12. The highest BCUT2D eigenvalue weighted by Crippen LogP contribution is 2.44. The van der Waals surface area contributed by atoms with Crippen LogP contribution < -0.4 is 9.75 Å². The minimum atomic E-state index is -0.286. The lowest BCUT2D eigenvalue weighted by Gasteiger charge is -2.29. The summed E-state index contributed by atoms with van der Waals surface area (Å²) >= 11 is 0. The fourth-order valence-electron chi connectivity index (χ4n) is 4.34. The van der Waals surface area contributed by atoms with Gasteiger partial charge in [-0.2, -0.15) is 10.1 Å². The van der Waals surface area contributed by atoms with Gasteiger partial charge in [-0.3, -0.25) is 4.79 Å². The molecular weight excluding hydrogens is 372 g/mol. The van der Waals surface area contributed by atoms with Crippen molar-refractivity contribution in [3.63, 3.8) is 0 Å². The summed E-state index contributed by atoms with van der Waals surface area (Å²) < 4.78 is 5.32. The standard InChI is InChI=1S/C26H22N2O2/c1-30-22-14-12-19(13-15-22)23-16-20(18-8-4-2-5-9-18)17-24-25(23)26(29)28(27-24)21-10-6-3-7-11-21/h2-15,17,23,25H,16H2,1H3. The first-order chi connectivity index (χ1) is 14.7. The zero-order chi connectivity index (χ0) is 20.5. The van der Waals surface area contributed by atoms with Gasteiger partial charge in [0.2, 0.25) is 0 Å². The molecule has 5 rings (SSSR count). The number of amides is 1. The molecule has 0 fully saturated rings. The summed E-state index contributed by atoms with van der Waals surface area (Å²) in [6.07, 6.45) is 2.88. The Morgan fingerprint density at radius 3 is 2.23 bits per heavy atom. The fraction of sp³-hybridized carbons (Fsp3) is 0.154. The molecule has 1 amide bonds. The Morgan fingerprint density at radius 2 is 1.57 bits per heavy atom. The maximum atomic E-state index is 13.4. The van der Waals surface area contributed by atoms with Crippen LogP contribution in [0, 0.1) is 5.92 Å². The van der Waals surface area contributed by atoms with Crippen molar-refractivity contribution in [2.24, 2.45) is 11.0 Å². The summed E-state index contributed by atoms with van der Waals surface area (Å²) in [7, 11) is 1.66. The fourth-order valence-corrected chi connectivity index (χ4v) is 4.34. The van der Waals surface area contributed by atoms with E-state index >= 15 is 0 Å². The van der Waals surface area contributed by atoms with Crippen LogP contribution in [0.15, 0.2) is 96.1 Å². The van der Waals surface area contributed by atoms with Gasteiger partial charge in [-0.1, -0.05) is 60.7 Å². The Bertz CT molecular complexity index is 1120. The number of benzene rings is 3. The number of methoxy groups -OCH3 is 1. The smallest absolute Gasteiger partial charge is 0.257 e. The molecule has 0 saturated heterocycles. The number of carbonyl (C=O) groups excluding carboxylic acids is 1. The highest BCUT2D eigenvalue weighted by Gasteiger charge is 2.44. The van der Waals surface area contributed by atoms with Crippen molar-refractivity contribution in [2.75, 3.05) is 12.1 Å². The van der Waals surface area contributed by atoms with Gasteiger partial charge in [-0.05, 0) is 53.5 Å². The number of fused-ring (bicyclic) bond motifs is 1.